The first-order valence-electron chi connectivity index (χ1n) is 9.08. The van der Waals surface area contributed by atoms with E-state index in [1.807, 2.05) is 26.0 Å². The van der Waals surface area contributed by atoms with Crippen molar-refractivity contribution in [3.8, 4) is 11.1 Å². The minimum Gasteiger partial charge on any atom is -0.508 e. The number of hydrogen-bond acceptors (Lipinski definition) is 3. The van der Waals surface area contributed by atoms with E-state index in [9.17, 15) is 14.3 Å². The average Bonchev–Trinajstić information content (AvgIpc) is 3.01. The number of carbonyl (C=O) groups is 1. The number of ether oxygens (including phenoxy) is 1. The van der Waals surface area contributed by atoms with Gasteiger partial charge in [-0.2, -0.15) is 0 Å². The van der Waals surface area contributed by atoms with Crippen LogP contribution in [0, 0.1) is 5.82 Å². The monoisotopic (exact) mass is 386 g/mol. The van der Waals surface area contributed by atoms with Crippen LogP contribution in [0.2, 0.25) is 5.02 Å². The topological polar surface area (TPSA) is 46.5 Å². The molecule has 0 radical (unpaired) electrons. The van der Waals surface area contributed by atoms with E-state index in [0.717, 1.165) is 5.56 Å². The van der Waals surface area contributed by atoms with E-state index in [1.165, 1.54) is 6.07 Å². The molecule has 2 aliphatic rings. The third kappa shape index (κ3) is 2.88. The van der Waals surface area contributed by atoms with Gasteiger partial charge in [0.15, 0.2) is 5.78 Å². The molecule has 0 saturated carbocycles. The second kappa shape index (κ2) is 6.47. The number of aryl methyl sites for hydroxylation is 1. The van der Waals surface area contributed by atoms with Crippen molar-refractivity contribution in [3.05, 3.63) is 64.1 Å². The van der Waals surface area contributed by atoms with Gasteiger partial charge in [0.2, 0.25) is 0 Å². The molecule has 2 aromatic rings. The molecule has 0 spiro atoms. The number of aliphatic hydroxyl groups excluding tert-OH is 1. The van der Waals surface area contributed by atoms with Crippen LogP contribution in [0.4, 0.5) is 4.39 Å². The molecule has 0 aliphatic carbocycles. The van der Waals surface area contributed by atoms with E-state index in [1.54, 1.807) is 18.2 Å². The van der Waals surface area contributed by atoms with Crippen LogP contribution >= 0.6 is 11.6 Å². The van der Waals surface area contributed by atoms with Gasteiger partial charge >= 0.3 is 0 Å². The normalized spacial score (nSPS) is 24.6. The molecule has 2 atom stereocenters. The Labute approximate surface area is 162 Å². The molecule has 2 bridgehead atoms. The SMILES string of the molecule is CCc1ccc(-c2ccc(Cl)cc2F)cc1C1=C(O)[C@@]2(C)CC[C@@H](O2)C1=O. The first-order chi connectivity index (χ1) is 12.8. The summed E-state index contributed by atoms with van der Waals surface area (Å²) in [5, 5.41) is 11.2. The number of hydrogen-bond donors (Lipinski definition) is 1. The van der Waals surface area contributed by atoms with Crippen LogP contribution in [0.5, 0.6) is 0 Å². The number of carbonyl (C=O) groups excluding carboxylic acids is 1. The molecule has 2 heterocycles. The lowest BCUT2D eigenvalue weighted by Gasteiger charge is -2.31. The smallest absolute Gasteiger partial charge is 0.195 e. The molecule has 1 saturated heterocycles. The number of aliphatic hydroxyl groups is 1. The highest BCUT2D eigenvalue weighted by Crippen LogP contribution is 2.45. The third-order valence-corrected chi connectivity index (χ3v) is 5.80. The van der Waals surface area contributed by atoms with Crippen molar-refractivity contribution in [2.75, 3.05) is 0 Å². The van der Waals surface area contributed by atoms with Crippen LogP contribution in [0.3, 0.4) is 0 Å². The van der Waals surface area contributed by atoms with Crippen molar-refractivity contribution in [2.45, 2.75) is 44.8 Å². The number of ketones is 1. The number of fused-ring (bicyclic) bond motifs is 2. The molecular formula is C22H20ClFO3. The highest BCUT2D eigenvalue weighted by Gasteiger charge is 2.50. The Bertz CT molecular complexity index is 982. The van der Waals surface area contributed by atoms with Crippen molar-refractivity contribution in [3.63, 3.8) is 0 Å². The highest BCUT2D eigenvalue weighted by atomic mass is 35.5. The van der Waals surface area contributed by atoms with E-state index in [4.69, 9.17) is 16.3 Å². The first kappa shape index (κ1) is 18.2. The maximum Gasteiger partial charge on any atom is 0.195 e. The summed E-state index contributed by atoms with van der Waals surface area (Å²) < 4.78 is 20.2. The summed E-state index contributed by atoms with van der Waals surface area (Å²) in [4.78, 5) is 12.9. The van der Waals surface area contributed by atoms with E-state index in [2.05, 4.69) is 0 Å². The maximum atomic E-state index is 14.4. The van der Waals surface area contributed by atoms with Gasteiger partial charge < -0.3 is 9.84 Å². The standard InChI is InChI=1S/C22H20ClFO3/c1-3-12-4-5-13(15-7-6-14(23)11-17(15)24)10-16(12)19-20(25)18-8-9-22(2,27-18)21(19)26/h4-7,10-11,18,26H,3,8-9H2,1-2H3/t18-,22-/m1/s1. The van der Waals surface area contributed by atoms with Crippen molar-refractivity contribution < 1.29 is 19.0 Å². The Morgan fingerprint density at radius 3 is 2.74 bits per heavy atom. The second-order valence-corrected chi connectivity index (χ2v) is 7.75. The lowest BCUT2D eigenvalue weighted by Crippen LogP contribution is -2.37. The molecule has 0 amide bonds. The van der Waals surface area contributed by atoms with Crippen LogP contribution < -0.4 is 0 Å². The summed E-state index contributed by atoms with van der Waals surface area (Å²) in [7, 11) is 0. The lowest BCUT2D eigenvalue weighted by molar-refractivity contribution is -0.130. The van der Waals surface area contributed by atoms with Gasteiger partial charge in [-0.05, 0) is 67.1 Å². The predicted octanol–water partition coefficient (Wildman–Crippen LogP) is 5.50. The van der Waals surface area contributed by atoms with E-state index in [0.29, 0.717) is 46.5 Å². The molecule has 140 valence electrons. The molecule has 2 aliphatic heterocycles. The Morgan fingerprint density at radius 1 is 1.26 bits per heavy atom. The van der Waals surface area contributed by atoms with E-state index < -0.39 is 17.5 Å². The fourth-order valence-corrected chi connectivity index (χ4v) is 4.17. The summed E-state index contributed by atoms with van der Waals surface area (Å²) in [6, 6.07) is 10.0. The summed E-state index contributed by atoms with van der Waals surface area (Å²) in [6.07, 6.45) is 1.36. The quantitative estimate of drug-likeness (QED) is 0.757. The van der Waals surface area contributed by atoms with Crippen LogP contribution in [0.25, 0.3) is 16.7 Å². The average molecular weight is 387 g/mol. The zero-order valence-corrected chi connectivity index (χ0v) is 15.9. The number of Topliss-reactive ketones (excluding diaryl/α,β-unsaturated/α-hetero) is 1. The first-order valence-corrected chi connectivity index (χ1v) is 9.46. The molecular weight excluding hydrogens is 367 g/mol. The van der Waals surface area contributed by atoms with Crippen molar-refractivity contribution >= 4 is 23.0 Å². The summed E-state index contributed by atoms with van der Waals surface area (Å²) >= 11 is 5.86. The fraction of sp³-hybridized carbons (Fsp3) is 0.318. The van der Waals surface area contributed by atoms with Gasteiger partial charge in [-0.15, -0.1) is 0 Å². The van der Waals surface area contributed by atoms with Crippen molar-refractivity contribution in [1.82, 2.24) is 0 Å². The molecule has 3 nitrogen and oxygen atoms in total. The molecule has 27 heavy (non-hydrogen) atoms. The fourth-order valence-electron chi connectivity index (χ4n) is 4.01. The number of benzene rings is 2. The number of halogens is 2. The summed E-state index contributed by atoms with van der Waals surface area (Å²) in [5.74, 6) is -0.656. The Morgan fingerprint density at radius 2 is 2.04 bits per heavy atom. The van der Waals surface area contributed by atoms with E-state index >= 15 is 0 Å². The molecule has 5 heteroatoms. The zero-order valence-electron chi connectivity index (χ0n) is 15.2. The largest absolute Gasteiger partial charge is 0.508 e. The van der Waals surface area contributed by atoms with Crippen LogP contribution in [-0.2, 0) is 16.0 Å². The summed E-state index contributed by atoms with van der Waals surface area (Å²) in [5.41, 5.74) is 2.08. The van der Waals surface area contributed by atoms with Gasteiger partial charge in [-0.25, -0.2) is 4.39 Å². The Kier molecular flexibility index (Phi) is 4.36. The molecule has 4 rings (SSSR count). The second-order valence-electron chi connectivity index (χ2n) is 7.31. The zero-order chi connectivity index (χ0) is 19.3. The molecule has 1 fully saturated rings. The molecule has 0 unspecified atom stereocenters. The van der Waals surface area contributed by atoms with Gasteiger partial charge in [0.1, 0.15) is 23.3 Å². The van der Waals surface area contributed by atoms with Crippen LogP contribution in [0.1, 0.15) is 37.8 Å². The highest BCUT2D eigenvalue weighted by molar-refractivity contribution is 6.30. The van der Waals surface area contributed by atoms with Gasteiger partial charge in [-0.3, -0.25) is 4.79 Å². The molecule has 0 aromatic heterocycles. The summed E-state index contributed by atoms with van der Waals surface area (Å²) in [6.45, 7) is 3.79. The minimum atomic E-state index is -0.833. The van der Waals surface area contributed by atoms with Crippen molar-refractivity contribution in [1.29, 1.82) is 0 Å². The predicted molar refractivity (Wildman–Crippen MR) is 103 cm³/mol. The van der Waals surface area contributed by atoms with E-state index in [-0.39, 0.29) is 11.5 Å². The third-order valence-electron chi connectivity index (χ3n) is 5.56. The van der Waals surface area contributed by atoms with Gasteiger partial charge in [0.25, 0.3) is 0 Å². The van der Waals surface area contributed by atoms with Gasteiger partial charge in [0, 0.05) is 10.6 Å². The van der Waals surface area contributed by atoms with Gasteiger partial charge in [-0.1, -0.05) is 30.7 Å². The Balaban J connectivity index is 1.91. The Hall–Kier alpha value is -2.17. The lowest BCUT2D eigenvalue weighted by atomic mass is 9.86. The van der Waals surface area contributed by atoms with Crippen LogP contribution in [0.15, 0.2) is 42.2 Å². The maximum absolute atomic E-state index is 14.4. The van der Waals surface area contributed by atoms with Crippen LogP contribution in [-0.4, -0.2) is 22.6 Å². The number of rotatable bonds is 3. The van der Waals surface area contributed by atoms with Crippen molar-refractivity contribution in [2.24, 2.45) is 0 Å². The molecule has 1 N–H and O–H groups in total. The molecule has 2 aromatic carbocycles. The minimum absolute atomic E-state index is 0.0234. The van der Waals surface area contributed by atoms with Gasteiger partial charge in [0.05, 0.1) is 5.57 Å².